The fourth-order valence-corrected chi connectivity index (χ4v) is 1.89. The molecular weight excluding hydrogens is 319 g/mol. The van der Waals surface area contributed by atoms with Crippen molar-refractivity contribution in [3.8, 4) is 0 Å². The fourth-order valence-electron chi connectivity index (χ4n) is 1.77. The van der Waals surface area contributed by atoms with Crippen LogP contribution in [0.15, 0.2) is 48.3 Å². The molecular formula is C16H15ClFN4O+. The van der Waals surface area contributed by atoms with Gasteiger partial charge in [0.2, 0.25) is 11.6 Å². The van der Waals surface area contributed by atoms with Crippen molar-refractivity contribution in [2.45, 2.75) is 13.5 Å². The number of nitrogens with two attached hydrogens (primary N) is 1. The van der Waals surface area contributed by atoms with Crippen LogP contribution in [0.4, 0.5) is 4.39 Å². The summed E-state index contributed by atoms with van der Waals surface area (Å²) in [6.07, 6.45) is 3.18. The number of hydrogen-bond acceptors (Lipinski definition) is 3. The van der Waals surface area contributed by atoms with Crippen molar-refractivity contribution >= 4 is 23.2 Å². The third-order valence-electron chi connectivity index (χ3n) is 3.05. The molecule has 118 valence electrons. The van der Waals surface area contributed by atoms with Crippen LogP contribution in [0.5, 0.6) is 0 Å². The lowest BCUT2D eigenvalue weighted by Crippen LogP contribution is -2.40. The number of carbonyl (C=O) groups is 1. The summed E-state index contributed by atoms with van der Waals surface area (Å²) in [7, 11) is 0. The molecule has 1 aromatic heterocycles. The molecule has 2 aromatic rings. The van der Waals surface area contributed by atoms with Gasteiger partial charge < -0.3 is 5.32 Å². The van der Waals surface area contributed by atoms with Crippen LogP contribution in [-0.4, -0.2) is 21.6 Å². The Kier molecular flexibility index (Phi) is 5.54. The predicted molar refractivity (Wildman–Crippen MR) is 85.1 cm³/mol. The molecule has 1 amide bonds. The highest BCUT2D eigenvalue weighted by Crippen LogP contribution is 2.09. The first-order chi connectivity index (χ1) is 11.0. The topological polar surface area (TPSA) is 80.5 Å². The number of amides is 1. The van der Waals surface area contributed by atoms with E-state index in [0.29, 0.717) is 22.7 Å². The summed E-state index contributed by atoms with van der Waals surface area (Å²) in [5.41, 5.74) is 2.07. The third kappa shape index (κ3) is 4.96. The highest BCUT2D eigenvalue weighted by molar-refractivity contribution is 6.30. The van der Waals surface area contributed by atoms with Gasteiger partial charge in [-0.1, -0.05) is 23.7 Å². The summed E-state index contributed by atoms with van der Waals surface area (Å²) < 4.78 is 12.7. The molecule has 3 N–H and O–H groups in total. The second kappa shape index (κ2) is 7.60. The van der Waals surface area contributed by atoms with Gasteiger partial charge in [0.05, 0.1) is 5.56 Å². The lowest BCUT2D eigenvalue weighted by Gasteiger charge is -2.05. The summed E-state index contributed by atoms with van der Waals surface area (Å²) in [6, 6.07) is 7.17. The number of halogens is 2. The number of hydrogen-bond donors (Lipinski definition) is 2. The first-order valence-corrected chi connectivity index (χ1v) is 7.15. The van der Waals surface area contributed by atoms with Gasteiger partial charge in [0.25, 0.3) is 0 Å². The first-order valence-electron chi connectivity index (χ1n) is 6.77. The average Bonchev–Trinajstić information content (AvgIpc) is 2.54. The number of nitrogens with zero attached hydrogens (tertiary/aromatic N) is 2. The van der Waals surface area contributed by atoms with Gasteiger partial charge in [0.15, 0.2) is 0 Å². The molecule has 0 bridgehead atoms. The molecule has 0 radical (unpaired) electrons. The number of aromatic nitrogens is 2. The number of benzene rings is 1. The fraction of sp³-hybridized carbons (Fsp3) is 0.125. The van der Waals surface area contributed by atoms with Gasteiger partial charge in [-0.3, -0.25) is 10.2 Å². The summed E-state index contributed by atoms with van der Waals surface area (Å²) in [5, 5.41) is 9.26. The summed E-state index contributed by atoms with van der Waals surface area (Å²) in [4.78, 5) is 18.9. The zero-order valence-electron chi connectivity index (χ0n) is 12.4. The molecule has 0 unspecified atom stereocenters. The van der Waals surface area contributed by atoms with Gasteiger partial charge in [-0.2, -0.15) is 4.39 Å². The zero-order chi connectivity index (χ0) is 16.8. The van der Waals surface area contributed by atoms with Gasteiger partial charge >= 0.3 is 6.08 Å². The van der Waals surface area contributed by atoms with Crippen LogP contribution in [-0.2, 0) is 11.3 Å². The summed E-state index contributed by atoms with van der Waals surface area (Å²) in [5.74, 6) is -0.258. The van der Waals surface area contributed by atoms with Crippen LogP contribution in [0.1, 0.15) is 18.1 Å². The van der Waals surface area contributed by atoms with Crippen molar-refractivity contribution in [2.24, 2.45) is 0 Å². The Bertz CT molecular complexity index is 742. The lowest BCUT2D eigenvalue weighted by atomic mass is 10.1. The van der Waals surface area contributed by atoms with Crippen LogP contribution >= 0.6 is 11.6 Å². The minimum atomic E-state index is -0.831. The molecule has 0 atom stereocenters. The highest BCUT2D eigenvalue weighted by Gasteiger charge is 2.10. The standard InChI is InChI=1S/C16H14ClFN4O/c1-10(6-14(19)12-8-21-16(18)22-9-12)15(23)20-7-11-2-4-13(17)5-3-11/h2-6,8-9,19H,7H2,1H3,(H,20,23)/p+1/b10-6-,19-14?. The van der Waals surface area contributed by atoms with Crippen molar-refractivity contribution in [3.63, 3.8) is 0 Å². The van der Waals surface area contributed by atoms with Gasteiger partial charge in [-0.05, 0) is 24.6 Å². The Morgan fingerprint density at radius 1 is 1.30 bits per heavy atom. The Hall–Kier alpha value is -2.60. The smallest absolute Gasteiger partial charge is 0.308 e. The molecule has 5 nitrogen and oxygen atoms in total. The number of allylic oxidation sites excluding steroid dienone is 1. The van der Waals surface area contributed by atoms with Crippen molar-refractivity contribution < 1.29 is 14.6 Å². The maximum atomic E-state index is 12.7. The molecule has 0 aliphatic heterocycles. The normalized spacial score (nSPS) is 11.2. The number of carbonyl (C=O) groups excluding carboxylic acids is 1. The van der Waals surface area contributed by atoms with E-state index in [1.54, 1.807) is 19.1 Å². The summed E-state index contributed by atoms with van der Waals surface area (Å²) in [6.45, 7) is 2.01. The monoisotopic (exact) mass is 333 g/mol. The zero-order valence-corrected chi connectivity index (χ0v) is 13.1. The van der Waals surface area contributed by atoms with Crippen LogP contribution in [0, 0.1) is 6.08 Å². The van der Waals surface area contributed by atoms with Gasteiger partial charge in [-0.25, -0.2) is 9.97 Å². The molecule has 1 aromatic carbocycles. The maximum Gasteiger partial charge on any atom is 0.308 e. The molecule has 0 aliphatic carbocycles. The number of rotatable bonds is 5. The van der Waals surface area contributed by atoms with E-state index in [9.17, 15) is 9.18 Å². The Morgan fingerprint density at radius 2 is 1.91 bits per heavy atom. The van der Waals surface area contributed by atoms with E-state index >= 15 is 0 Å². The molecule has 23 heavy (non-hydrogen) atoms. The van der Waals surface area contributed by atoms with Gasteiger partial charge in [0, 0.05) is 35.6 Å². The van der Waals surface area contributed by atoms with E-state index in [-0.39, 0.29) is 11.6 Å². The molecule has 0 aliphatic rings. The van der Waals surface area contributed by atoms with Crippen molar-refractivity contribution in [1.82, 2.24) is 15.3 Å². The van der Waals surface area contributed by atoms with Crippen molar-refractivity contribution in [1.29, 1.82) is 0 Å². The highest BCUT2D eigenvalue weighted by atomic mass is 35.5. The van der Waals surface area contributed by atoms with E-state index in [2.05, 4.69) is 15.3 Å². The minimum absolute atomic E-state index is 0.258. The van der Waals surface area contributed by atoms with Crippen LogP contribution in [0.3, 0.4) is 0 Å². The van der Waals surface area contributed by atoms with Gasteiger partial charge in [0.1, 0.15) is 0 Å². The molecule has 1 heterocycles. The molecule has 0 saturated heterocycles. The van der Waals surface area contributed by atoms with Crippen LogP contribution in [0.2, 0.25) is 5.02 Å². The quantitative estimate of drug-likeness (QED) is 0.488. The molecule has 0 spiro atoms. The third-order valence-corrected chi connectivity index (χ3v) is 3.30. The number of nitrogens with one attached hydrogen (secondary N) is 1. The van der Waals surface area contributed by atoms with Crippen LogP contribution in [0.25, 0.3) is 0 Å². The molecule has 7 heteroatoms. The predicted octanol–water partition coefficient (Wildman–Crippen LogP) is 1.08. The van der Waals surface area contributed by atoms with E-state index in [4.69, 9.17) is 17.0 Å². The van der Waals surface area contributed by atoms with Crippen LogP contribution < -0.4 is 10.7 Å². The molecule has 0 fully saturated rings. The Labute approximate surface area is 137 Å². The summed E-state index contributed by atoms with van der Waals surface area (Å²) >= 11 is 5.80. The van der Waals surface area contributed by atoms with Crippen molar-refractivity contribution in [3.05, 3.63) is 70.5 Å². The van der Waals surface area contributed by atoms with E-state index < -0.39 is 6.08 Å². The Morgan fingerprint density at radius 3 is 2.52 bits per heavy atom. The minimum Gasteiger partial charge on any atom is -0.348 e. The van der Waals surface area contributed by atoms with E-state index in [0.717, 1.165) is 5.56 Å². The average molecular weight is 334 g/mol. The maximum absolute atomic E-state index is 12.7. The van der Waals surface area contributed by atoms with E-state index in [1.165, 1.54) is 18.5 Å². The SMILES string of the molecule is C/C(=C/C(=[NH2+])c1cnc(F)nc1)C(=O)NCc1ccc(Cl)cc1. The molecule has 2 rings (SSSR count). The largest absolute Gasteiger partial charge is 0.348 e. The second-order valence-electron chi connectivity index (χ2n) is 4.83. The lowest BCUT2D eigenvalue weighted by molar-refractivity contribution is -0.118. The second-order valence-corrected chi connectivity index (χ2v) is 5.27. The van der Waals surface area contributed by atoms with Gasteiger partial charge in [-0.15, -0.1) is 0 Å². The first kappa shape index (κ1) is 16.8. The molecule has 0 saturated carbocycles. The van der Waals surface area contributed by atoms with E-state index in [1.807, 2.05) is 12.1 Å². The van der Waals surface area contributed by atoms with Crippen molar-refractivity contribution in [2.75, 3.05) is 0 Å². The Balaban J connectivity index is 1.96.